The van der Waals surface area contributed by atoms with Crippen molar-refractivity contribution in [1.29, 1.82) is 0 Å². The topological polar surface area (TPSA) is 68.5 Å². The van der Waals surface area contributed by atoms with Gasteiger partial charge in [0.25, 0.3) is 0 Å². The first kappa shape index (κ1) is 16.6. The molecule has 23 heavy (non-hydrogen) atoms. The summed E-state index contributed by atoms with van der Waals surface area (Å²) in [5.41, 5.74) is 1.72. The Balaban J connectivity index is 2.08. The molecule has 1 aliphatic carbocycles. The first-order valence-corrected chi connectivity index (χ1v) is 10.5. The molecule has 0 saturated carbocycles. The molecule has 0 radical (unpaired) electrons. The van der Waals surface area contributed by atoms with Crippen LogP contribution < -0.4 is 0 Å². The molecule has 0 saturated heterocycles. The zero-order valence-electron chi connectivity index (χ0n) is 14.1. The number of carbonyl (C=O) groups excluding carboxylic acids is 1. The van der Waals surface area contributed by atoms with Crippen molar-refractivity contribution >= 4 is 31.9 Å². The molecule has 1 aliphatic rings. The number of rotatable bonds is 3. The molecular weight excluding hydrogens is 332 g/mol. The minimum absolute atomic E-state index is 0.0827. The van der Waals surface area contributed by atoms with Gasteiger partial charge in [-0.2, -0.15) is 0 Å². The molecule has 0 bridgehead atoms. The van der Waals surface area contributed by atoms with E-state index in [-0.39, 0.29) is 16.5 Å². The van der Waals surface area contributed by atoms with Gasteiger partial charge in [0.2, 0.25) is 0 Å². The van der Waals surface area contributed by atoms with E-state index < -0.39 is 21.4 Å². The highest BCUT2D eigenvalue weighted by Gasteiger charge is 2.40. The van der Waals surface area contributed by atoms with Crippen LogP contribution in [0.5, 0.6) is 0 Å². The van der Waals surface area contributed by atoms with Gasteiger partial charge in [0.1, 0.15) is 11.4 Å². The van der Waals surface area contributed by atoms with E-state index in [0.717, 1.165) is 24.1 Å². The highest BCUT2D eigenvalue weighted by atomic mass is 32.2. The van der Waals surface area contributed by atoms with Crippen LogP contribution in [0, 0.1) is 5.41 Å². The van der Waals surface area contributed by atoms with Gasteiger partial charge in [0.15, 0.2) is 20.6 Å². The largest absolute Gasteiger partial charge is 0.294 e. The van der Waals surface area contributed by atoms with Crippen LogP contribution >= 0.6 is 11.3 Å². The van der Waals surface area contributed by atoms with Crippen molar-refractivity contribution in [3.63, 3.8) is 0 Å². The number of sulfone groups is 1. The SMILES string of the molecule is CC1(C)Cc2c(sc3nc(C(=O)CS(C)(=O)=O)cn23)C(C)(C)C1. The Bertz CT molecular complexity index is 901. The molecule has 2 aromatic rings. The highest BCUT2D eigenvalue weighted by Crippen LogP contribution is 2.48. The Morgan fingerprint density at radius 2 is 2.00 bits per heavy atom. The van der Waals surface area contributed by atoms with Gasteiger partial charge < -0.3 is 0 Å². The fourth-order valence-corrected chi connectivity index (χ4v) is 5.67. The molecule has 0 fully saturated rings. The van der Waals surface area contributed by atoms with Gasteiger partial charge in [-0.1, -0.05) is 27.7 Å². The predicted molar refractivity (Wildman–Crippen MR) is 92.2 cm³/mol. The van der Waals surface area contributed by atoms with Crippen LogP contribution in [0.3, 0.4) is 0 Å². The normalized spacial score (nSPS) is 19.7. The van der Waals surface area contributed by atoms with Crippen molar-refractivity contribution in [3.05, 3.63) is 22.5 Å². The smallest absolute Gasteiger partial charge is 0.197 e. The van der Waals surface area contributed by atoms with Gasteiger partial charge in [-0.05, 0) is 18.3 Å². The number of carbonyl (C=O) groups is 1. The van der Waals surface area contributed by atoms with Crippen molar-refractivity contribution in [1.82, 2.24) is 9.38 Å². The van der Waals surface area contributed by atoms with Crippen LogP contribution in [0.4, 0.5) is 0 Å². The second-order valence-corrected chi connectivity index (χ2v) is 11.2. The zero-order chi connectivity index (χ0) is 17.2. The Morgan fingerprint density at radius 1 is 1.35 bits per heavy atom. The maximum atomic E-state index is 12.1. The van der Waals surface area contributed by atoms with Crippen molar-refractivity contribution in [3.8, 4) is 0 Å². The molecule has 7 heteroatoms. The van der Waals surface area contributed by atoms with Crippen molar-refractivity contribution in [2.24, 2.45) is 5.41 Å². The molecule has 0 unspecified atom stereocenters. The summed E-state index contributed by atoms with van der Waals surface area (Å²) in [4.78, 5) is 18.6. The molecule has 2 aromatic heterocycles. The standard InChI is InChI=1S/C16H22N2O3S2/c1-15(2)6-11-13(16(3,4)9-15)22-14-17-10(7-18(11)14)12(19)8-23(5,20)21/h7H,6,8-9H2,1-5H3. The summed E-state index contributed by atoms with van der Waals surface area (Å²) in [6.07, 6.45) is 4.81. The van der Waals surface area contributed by atoms with E-state index in [4.69, 9.17) is 0 Å². The number of nitrogens with zero attached hydrogens (tertiary/aromatic N) is 2. The number of ketones is 1. The van der Waals surface area contributed by atoms with Crippen molar-refractivity contribution < 1.29 is 13.2 Å². The predicted octanol–water partition coefficient (Wildman–Crippen LogP) is 2.87. The fraction of sp³-hybridized carbons (Fsp3) is 0.625. The molecule has 3 rings (SSSR count). The average Bonchev–Trinajstić information content (AvgIpc) is 2.84. The summed E-state index contributed by atoms with van der Waals surface area (Å²) in [5.74, 6) is -0.928. The Hall–Kier alpha value is -1.21. The second-order valence-electron chi connectivity index (χ2n) is 8.05. The Labute approximate surface area is 140 Å². The number of hydrogen-bond donors (Lipinski definition) is 0. The van der Waals surface area contributed by atoms with E-state index >= 15 is 0 Å². The van der Waals surface area contributed by atoms with Crippen LogP contribution in [-0.4, -0.2) is 35.6 Å². The average molecular weight is 354 g/mol. The third kappa shape index (κ3) is 3.08. The van der Waals surface area contributed by atoms with Crippen LogP contribution in [0.25, 0.3) is 4.96 Å². The minimum Gasteiger partial charge on any atom is -0.294 e. The van der Waals surface area contributed by atoms with Crippen LogP contribution in [0.1, 0.15) is 55.2 Å². The number of hydrogen-bond acceptors (Lipinski definition) is 5. The first-order chi connectivity index (χ1) is 10.4. The van der Waals surface area contributed by atoms with E-state index in [2.05, 4.69) is 32.7 Å². The van der Waals surface area contributed by atoms with E-state index in [0.29, 0.717) is 0 Å². The summed E-state index contributed by atoms with van der Waals surface area (Å²) in [7, 11) is -3.34. The number of imidazole rings is 1. The summed E-state index contributed by atoms with van der Waals surface area (Å²) >= 11 is 1.61. The quantitative estimate of drug-likeness (QED) is 0.795. The third-order valence-corrected chi connectivity index (χ3v) is 6.53. The molecule has 0 N–H and O–H groups in total. The Kier molecular flexibility index (Phi) is 3.54. The van der Waals surface area contributed by atoms with E-state index in [1.54, 1.807) is 17.5 Å². The maximum Gasteiger partial charge on any atom is 0.197 e. The van der Waals surface area contributed by atoms with Gasteiger partial charge in [0.05, 0.1) is 0 Å². The van der Waals surface area contributed by atoms with Crippen LogP contribution in [0.2, 0.25) is 0 Å². The molecule has 0 aromatic carbocycles. The van der Waals surface area contributed by atoms with Gasteiger partial charge in [-0.25, -0.2) is 13.4 Å². The molecule has 2 heterocycles. The summed E-state index contributed by atoms with van der Waals surface area (Å²) in [6.45, 7) is 9.01. The lowest BCUT2D eigenvalue weighted by molar-refractivity contribution is 0.101. The van der Waals surface area contributed by atoms with E-state index in [1.165, 1.54) is 10.6 Å². The number of aromatic nitrogens is 2. The lowest BCUT2D eigenvalue weighted by Crippen LogP contribution is -2.34. The van der Waals surface area contributed by atoms with Gasteiger partial charge in [0, 0.05) is 28.4 Å². The molecule has 0 amide bonds. The first-order valence-electron chi connectivity index (χ1n) is 7.60. The minimum atomic E-state index is -3.34. The van der Waals surface area contributed by atoms with E-state index in [9.17, 15) is 13.2 Å². The number of thiazole rings is 1. The van der Waals surface area contributed by atoms with Crippen molar-refractivity contribution in [2.45, 2.75) is 46.0 Å². The maximum absolute atomic E-state index is 12.1. The number of fused-ring (bicyclic) bond motifs is 3. The molecule has 126 valence electrons. The fourth-order valence-electron chi connectivity index (χ4n) is 3.82. The van der Waals surface area contributed by atoms with Crippen LogP contribution in [0.15, 0.2) is 6.20 Å². The lowest BCUT2D eigenvalue weighted by Gasteiger charge is -2.40. The molecular formula is C16H22N2O3S2. The third-order valence-electron chi connectivity index (χ3n) is 4.28. The summed E-state index contributed by atoms with van der Waals surface area (Å²) in [5, 5.41) is 0. The molecule has 5 nitrogen and oxygen atoms in total. The summed E-state index contributed by atoms with van der Waals surface area (Å²) in [6, 6.07) is 0. The number of Topliss-reactive ketones (excluding diaryl/α,β-unsaturated/α-hetero) is 1. The summed E-state index contributed by atoms with van der Waals surface area (Å²) < 4.78 is 24.6. The highest BCUT2D eigenvalue weighted by molar-refractivity contribution is 7.91. The van der Waals surface area contributed by atoms with Gasteiger partial charge in [-0.15, -0.1) is 11.3 Å². The molecule has 0 spiro atoms. The Morgan fingerprint density at radius 3 is 2.61 bits per heavy atom. The van der Waals surface area contributed by atoms with Crippen molar-refractivity contribution in [2.75, 3.05) is 12.0 Å². The van der Waals surface area contributed by atoms with Gasteiger partial charge in [-0.3, -0.25) is 9.20 Å². The van der Waals surface area contributed by atoms with E-state index in [1.807, 2.05) is 4.40 Å². The molecule has 0 atom stereocenters. The monoisotopic (exact) mass is 354 g/mol. The van der Waals surface area contributed by atoms with Crippen LogP contribution in [-0.2, 0) is 21.7 Å². The van der Waals surface area contributed by atoms with Gasteiger partial charge >= 0.3 is 0 Å². The lowest BCUT2D eigenvalue weighted by atomic mass is 9.67. The second kappa shape index (κ2) is 4.89. The zero-order valence-corrected chi connectivity index (χ0v) is 15.8. The molecule has 0 aliphatic heterocycles.